The lowest BCUT2D eigenvalue weighted by atomic mass is 9.87. The Hall–Kier alpha value is -0.130. The molecular formula is C16H24INO. The van der Waals surface area contributed by atoms with Crippen LogP contribution in [0.3, 0.4) is 0 Å². The van der Waals surface area contributed by atoms with E-state index in [0.717, 1.165) is 26.0 Å². The van der Waals surface area contributed by atoms with Crippen LogP contribution in [0.15, 0.2) is 24.3 Å². The SMILES string of the molecule is CCNC(Cc1ccc(I)cc1)C1CCOC1CC. The van der Waals surface area contributed by atoms with E-state index in [-0.39, 0.29) is 0 Å². The number of halogens is 1. The molecule has 3 atom stereocenters. The van der Waals surface area contributed by atoms with E-state index in [1.807, 2.05) is 0 Å². The molecule has 0 radical (unpaired) electrons. The monoisotopic (exact) mass is 373 g/mol. The van der Waals surface area contributed by atoms with Crippen molar-refractivity contribution in [1.29, 1.82) is 0 Å². The summed E-state index contributed by atoms with van der Waals surface area (Å²) < 4.78 is 7.16. The summed E-state index contributed by atoms with van der Waals surface area (Å²) >= 11 is 2.36. The molecule has 1 aliphatic rings. The average Bonchev–Trinajstić information content (AvgIpc) is 2.89. The van der Waals surface area contributed by atoms with Gasteiger partial charge in [-0.15, -0.1) is 0 Å². The Bertz CT molecular complexity index is 379. The van der Waals surface area contributed by atoms with Crippen LogP contribution in [0.25, 0.3) is 0 Å². The fraction of sp³-hybridized carbons (Fsp3) is 0.625. The van der Waals surface area contributed by atoms with Crippen LogP contribution in [0.1, 0.15) is 32.3 Å². The maximum atomic E-state index is 5.86. The minimum Gasteiger partial charge on any atom is -0.378 e. The molecule has 1 fully saturated rings. The van der Waals surface area contributed by atoms with E-state index in [1.54, 1.807) is 0 Å². The lowest BCUT2D eigenvalue weighted by Gasteiger charge is -2.28. The van der Waals surface area contributed by atoms with Crippen molar-refractivity contribution in [3.63, 3.8) is 0 Å². The van der Waals surface area contributed by atoms with Crippen LogP contribution in [0.5, 0.6) is 0 Å². The van der Waals surface area contributed by atoms with E-state index < -0.39 is 0 Å². The molecule has 1 aromatic rings. The van der Waals surface area contributed by atoms with Crippen LogP contribution < -0.4 is 5.32 Å². The molecule has 106 valence electrons. The number of rotatable bonds is 6. The third kappa shape index (κ3) is 4.17. The highest BCUT2D eigenvalue weighted by atomic mass is 127. The smallest absolute Gasteiger partial charge is 0.0616 e. The molecule has 1 heterocycles. The third-order valence-corrected chi connectivity index (χ3v) is 4.73. The summed E-state index contributed by atoms with van der Waals surface area (Å²) in [7, 11) is 0. The van der Waals surface area contributed by atoms with Gasteiger partial charge in [-0.2, -0.15) is 0 Å². The van der Waals surface area contributed by atoms with Gasteiger partial charge in [0.15, 0.2) is 0 Å². The molecular weight excluding hydrogens is 349 g/mol. The number of ether oxygens (including phenoxy) is 1. The highest BCUT2D eigenvalue weighted by Crippen LogP contribution is 2.28. The van der Waals surface area contributed by atoms with Gasteiger partial charge < -0.3 is 10.1 Å². The molecule has 0 amide bonds. The lowest BCUT2D eigenvalue weighted by molar-refractivity contribution is 0.0776. The van der Waals surface area contributed by atoms with Crippen molar-refractivity contribution >= 4 is 22.6 Å². The Morgan fingerprint density at radius 2 is 2.05 bits per heavy atom. The van der Waals surface area contributed by atoms with Crippen molar-refractivity contribution in [2.45, 2.75) is 45.3 Å². The van der Waals surface area contributed by atoms with Gasteiger partial charge >= 0.3 is 0 Å². The maximum absolute atomic E-state index is 5.86. The van der Waals surface area contributed by atoms with Gasteiger partial charge in [0, 0.05) is 22.1 Å². The predicted molar refractivity (Wildman–Crippen MR) is 88.5 cm³/mol. The number of likely N-dealkylation sites (N-methyl/N-ethyl adjacent to an activating group) is 1. The molecule has 2 rings (SSSR count). The molecule has 3 heteroatoms. The average molecular weight is 373 g/mol. The van der Waals surface area contributed by atoms with Crippen molar-refractivity contribution in [1.82, 2.24) is 5.32 Å². The Kier molecular flexibility index (Phi) is 6.10. The van der Waals surface area contributed by atoms with E-state index >= 15 is 0 Å². The Labute approximate surface area is 130 Å². The summed E-state index contributed by atoms with van der Waals surface area (Å²) in [4.78, 5) is 0. The topological polar surface area (TPSA) is 21.3 Å². The van der Waals surface area contributed by atoms with E-state index in [2.05, 4.69) is 66.0 Å². The molecule has 0 bridgehead atoms. The van der Waals surface area contributed by atoms with Crippen LogP contribution in [0.2, 0.25) is 0 Å². The van der Waals surface area contributed by atoms with Crippen LogP contribution in [0.4, 0.5) is 0 Å². The second-order valence-corrected chi connectivity index (χ2v) is 6.51. The van der Waals surface area contributed by atoms with E-state index in [9.17, 15) is 0 Å². The number of hydrogen-bond acceptors (Lipinski definition) is 2. The number of nitrogens with one attached hydrogen (secondary N) is 1. The molecule has 1 aliphatic heterocycles. The quantitative estimate of drug-likeness (QED) is 0.769. The summed E-state index contributed by atoms with van der Waals surface area (Å²) in [6, 6.07) is 9.44. The predicted octanol–water partition coefficient (Wildman–Crippen LogP) is 3.63. The van der Waals surface area contributed by atoms with Crippen LogP contribution in [-0.2, 0) is 11.2 Å². The van der Waals surface area contributed by atoms with Gasteiger partial charge in [0.2, 0.25) is 0 Å². The molecule has 1 aromatic carbocycles. The highest BCUT2D eigenvalue weighted by Gasteiger charge is 2.33. The Balaban J connectivity index is 2.04. The summed E-state index contributed by atoms with van der Waals surface area (Å²) in [6.45, 7) is 6.38. The van der Waals surface area contributed by atoms with Gasteiger partial charge in [0.25, 0.3) is 0 Å². The summed E-state index contributed by atoms with van der Waals surface area (Å²) in [5, 5.41) is 3.67. The molecule has 0 saturated carbocycles. The molecule has 3 unspecified atom stereocenters. The molecule has 0 aliphatic carbocycles. The zero-order chi connectivity index (χ0) is 13.7. The summed E-state index contributed by atoms with van der Waals surface area (Å²) in [5.41, 5.74) is 1.42. The van der Waals surface area contributed by atoms with Crippen LogP contribution in [-0.4, -0.2) is 25.3 Å². The first-order valence-electron chi connectivity index (χ1n) is 7.34. The standard InChI is InChI=1S/C16H24INO/c1-3-16-14(9-10-19-16)15(18-4-2)11-12-5-7-13(17)8-6-12/h5-8,14-16,18H,3-4,9-11H2,1-2H3. The highest BCUT2D eigenvalue weighted by molar-refractivity contribution is 14.1. The second-order valence-electron chi connectivity index (χ2n) is 5.26. The van der Waals surface area contributed by atoms with Gasteiger partial charge in [-0.3, -0.25) is 0 Å². The van der Waals surface area contributed by atoms with Crippen molar-refractivity contribution < 1.29 is 4.74 Å². The van der Waals surface area contributed by atoms with Crippen molar-refractivity contribution in [2.24, 2.45) is 5.92 Å². The van der Waals surface area contributed by atoms with Gasteiger partial charge in [0.05, 0.1) is 6.10 Å². The molecule has 19 heavy (non-hydrogen) atoms. The molecule has 1 saturated heterocycles. The first kappa shape index (κ1) is 15.3. The van der Waals surface area contributed by atoms with Gasteiger partial charge in [-0.25, -0.2) is 0 Å². The largest absolute Gasteiger partial charge is 0.378 e. The lowest BCUT2D eigenvalue weighted by Crippen LogP contribution is -2.41. The maximum Gasteiger partial charge on any atom is 0.0616 e. The minimum absolute atomic E-state index is 0.438. The van der Waals surface area contributed by atoms with Crippen molar-refractivity contribution in [3.05, 3.63) is 33.4 Å². The first-order valence-corrected chi connectivity index (χ1v) is 8.41. The molecule has 2 nitrogen and oxygen atoms in total. The van der Waals surface area contributed by atoms with Gasteiger partial charge in [-0.05, 0) is 66.1 Å². The fourth-order valence-corrected chi connectivity index (χ4v) is 3.42. The number of benzene rings is 1. The Morgan fingerprint density at radius 3 is 2.68 bits per heavy atom. The van der Waals surface area contributed by atoms with E-state index in [4.69, 9.17) is 4.74 Å². The third-order valence-electron chi connectivity index (χ3n) is 4.02. The van der Waals surface area contributed by atoms with Crippen LogP contribution in [0, 0.1) is 9.49 Å². The normalized spacial score (nSPS) is 24.6. The summed E-state index contributed by atoms with van der Waals surface area (Å²) in [6.07, 6.45) is 3.86. The van der Waals surface area contributed by atoms with Crippen molar-refractivity contribution in [2.75, 3.05) is 13.2 Å². The fourth-order valence-electron chi connectivity index (χ4n) is 3.06. The molecule has 0 spiro atoms. The first-order chi connectivity index (χ1) is 9.24. The summed E-state index contributed by atoms with van der Waals surface area (Å²) in [5.74, 6) is 0.657. The molecule has 0 aromatic heterocycles. The van der Waals surface area contributed by atoms with Gasteiger partial charge in [-0.1, -0.05) is 26.0 Å². The van der Waals surface area contributed by atoms with E-state index in [1.165, 1.54) is 15.6 Å². The van der Waals surface area contributed by atoms with Gasteiger partial charge in [0.1, 0.15) is 0 Å². The number of hydrogen-bond donors (Lipinski definition) is 1. The zero-order valence-electron chi connectivity index (χ0n) is 11.9. The minimum atomic E-state index is 0.438. The van der Waals surface area contributed by atoms with Crippen LogP contribution >= 0.6 is 22.6 Å². The van der Waals surface area contributed by atoms with E-state index in [0.29, 0.717) is 18.1 Å². The van der Waals surface area contributed by atoms with Crippen molar-refractivity contribution in [3.8, 4) is 0 Å². The second kappa shape index (κ2) is 7.60. The molecule has 1 N–H and O–H groups in total. The zero-order valence-corrected chi connectivity index (χ0v) is 14.0. The Morgan fingerprint density at radius 1 is 1.32 bits per heavy atom.